The summed E-state index contributed by atoms with van der Waals surface area (Å²) in [6, 6.07) is 14.8. The summed E-state index contributed by atoms with van der Waals surface area (Å²) in [6.07, 6.45) is 6.33. The first kappa shape index (κ1) is 13.1. The molecule has 0 radical (unpaired) electrons. The number of aromatic nitrogens is 1. The van der Waals surface area contributed by atoms with E-state index in [1.807, 2.05) is 13.0 Å². The molecule has 0 N–H and O–H groups in total. The Morgan fingerprint density at radius 1 is 1.00 bits per heavy atom. The van der Waals surface area contributed by atoms with Gasteiger partial charge in [0.1, 0.15) is 0 Å². The molecule has 0 atom stereocenters. The topological polar surface area (TPSA) is 4.93 Å². The highest BCUT2D eigenvalue weighted by atomic mass is 32.1. The lowest BCUT2D eigenvalue weighted by Crippen LogP contribution is -1.94. The van der Waals surface area contributed by atoms with Crippen molar-refractivity contribution in [3.8, 4) is 0 Å². The van der Waals surface area contributed by atoms with Crippen LogP contribution in [0.25, 0.3) is 27.5 Å². The van der Waals surface area contributed by atoms with Crippen molar-refractivity contribution in [1.29, 1.82) is 0 Å². The van der Waals surface area contributed by atoms with Crippen LogP contribution < -0.4 is 0 Å². The van der Waals surface area contributed by atoms with Gasteiger partial charge in [0.05, 0.1) is 11.0 Å². The predicted molar refractivity (Wildman–Crippen MR) is 91.5 cm³/mol. The van der Waals surface area contributed by atoms with E-state index in [-0.39, 0.29) is 0 Å². The quantitative estimate of drug-likeness (QED) is 0.465. The lowest BCUT2D eigenvalue weighted by atomic mass is 10.1. The van der Waals surface area contributed by atoms with E-state index in [2.05, 4.69) is 78.7 Å². The van der Waals surface area contributed by atoms with E-state index in [1.165, 1.54) is 27.5 Å². The van der Waals surface area contributed by atoms with E-state index in [4.69, 9.17) is 0 Å². The molecule has 0 aliphatic rings. The third-order valence-corrected chi connectivity index (χ3v) is 3.93. The molecule has 0 saturated carbocycles. The average molecular weight is 279 g/mol. The second kappa shape index (κ2) is 5.22. The normalized spacial score (nSPS) is 12.8. The molecule has 0 bridgehead atoms. The van der Waals surface area contributed by atoms with E-state index in [1.54, 1.807) is 0 Å². The fraction of sp³-hybridized carbons (Fsp3) is 0.111. The molecule has 3 rings (SSSR count). The second-order valence-corrected chi connectivity index (χ2v) is 5.22. The first-order valence-corrected chi connectivity index (χ1v) is 7.23. The van der Waals surface area contributed by atoms with Gasteiger partial charge < -0.3 is 4.57 Å². The Morgan fingerprint density at radius 2 is 1.75 bits per heavy atom. The van der Waals surface area contributed by atoms with E-state index >= 15 is 0 Å². The van der Waals surface area contributed by atoms with Gasteiger partial charge in [-0.15, -0.1) is 12.6 Å². The molecular formula is C18H17NS. The van der Waals surface area contributed by atoms with Gasteiger partial charge in [0.15, 0.2) is 0 Å². The van der Waals surface area contributed by atoms with Crippen molar-refractivity contribution >= 4 is 40.1 Å². The molecule has 0 aliphatic carbocycles. The maximum absolute atomic E-state index is 4.66. The molecule has 0 spiro atoms. The minimum Gasteiger partial charge on any atom is -0.308 e. The smallest absolute Gasteiger partial charge is 0.0674 e. The number of para-hydroxylation sites is 2. The molecule has 1 heterocycles. The zero-order valence-electron chi connectivity index (χ0n) is 11.7. The van der Waals surface area contributed by atoms with Crippen LogP contribution in [0.3, 0.4) is 0 Å². The summed E-state index contributed by atoms with van der Waals surface area (Å²) in [4.78, 5) is 1.00. The summed E-state index contributed by atoms with van der Waals surface area (Å²) in [5, 5.41) is 2.51. The Labute approximate surface area is 124 Å². The minimum atomic E-state index is 1.00. The second-order valence-electron chi connectivity index (χ2n) is 4.74. The SMILES string of the molecule is C/C=C\C(=C/C)n1c2ccccc2c2cccc(S)c21. The Kier molecular flexibility index (Phi) is 3.41. The van der Waals surface area contributed by atoms with E-state index in [9.17, 15) is 0 Å². The molecule has 0 saturated heterocycles. The van der Waals surface area contributed by atoms with Crippen molar-refractivity contribution in [3.05, 3.63) is 60.7 Å². The standard InChI is InChI=1S/C18H17NS/c1-3-8-13(4-2)19-16-11-6-5-9-14(16)15-10-7-12-17(20)18(15)19/h3-12,20H,1-2H3/b8-3-,13-4+. The number of rotatable bonds is 2. The molecule has 3 aromatic rings. The van der Waals surface area contributed by atoms with Gasteiger partial charge in [-0.05, 0) is 32.1 Å². The Balaban J connectivity index is 2.55. The van der Waals surface area contributed by atoms with Gasteiger partial charge in [-0.25, -0.2) is 0 Å². The highest BCUT2D eigenvalue weighted by molar-refractivity contribution is 7.80. The molecule has 0 fully saturated rings. The lowest BCUT2D eigenvalue weighted by Gasteiger charge is -2.09. The number of benzene rings is 2. The Hall–Kier alpha value is -1.93. The van der Waals surface area contributed by atoms with Crippen LogP contribution >= 0.6 is 12.6 Å². The molecule has 0 aliphatic heterocycles. The van der Waals surface area contributed by atoms with Gasteiger partial charge in [0.2, 0.25) is 0 Å². The number of hydrogen-bond donors (Lipinski definition) is 1. The van der Waals surface area contributed by atoms with E-state index in [0.717, 1.165) is 4.90 Å². The predicted octanol–water partition coefficient (Wildman–Crippen LogP) is 5.52. The van der Waals surface area contributed by atoms with Crippen molar-refractivity contribution in [3.63, 3.8) is 0 Å². The molecule has 2 aromatic carbocycles. The average Bonchev–Trinajstić information content (AvgIpc) is 2.81. The summed E-state index contributed by atoms with van der Waals surface area (Å²) in [5.41, 5.74) is 3.55. The highest BCUT2D eigenvalue weighted by Crippen LogP contribution is 2.35. The van der Waals surface area contributed by atoms with Crippen molar-refractivity contribution in [1.82, 2.24) is 4.57 Å². The fourth-order valence-electron chi connectivity index (χ4n) is 2.74. The molecular weight excluding hydrogens is 262 g/mol. The van der Waals surface area contributed by atoms with Crippen molar-refractivity contribution in [2.24, 2.45) is 0 Å². The fourth-order valence-corrected chi connectivity index (χ4v) is 3.05. The van der Waals surface area contributed by atoms with Gasteiger partial charge >= 0.3 is 0 Å². The Morgan fingerprint density at radius 3 is 2.50 bits per heavy atom. The maximum atomic E-state index is 4.66. The monoisotopic (exact) mass is 279 g/mol. The highest BCUT2D eigenvalue weighted by Gasteiger charge is 2.13. The summed E-state index contributed by atoms with van der Waals surface area (Å²) >= 11 is 4.66. The largest absolute Gasteiger partial charge is 0.308 e. The van der Waals surface area contributed by atoms with Crippen molar-refractivity contribution < 1.29 is 0 Å². The number of nitrogens with zero attached hydrogens (tertiary/aromatic N) is 1. The van der Waals surface area contributed by atoms with Crippen LogP contribution in [0.1, 0.15) is 13.8 Å². The van der Waals surface area contributed by atoms with Crippen molar-refractivity contribution in [2.75, 3.05) is 0 Å². The third-order valence-electron chi connectivity index (χ3n) is 3.56. The summed E-state index contributed by atoms with van der Waals surface area (Å²) in [5.74, 6) is 0. The van der Waals surface area contributed by atoms with E-state index < -0.39 is 0 Å². The zero-order chi connectivity index (χ0) is 14.1. The van der Waals surface area contributed by atoms with Crippen molar-refractivity contribution in [2.45, 2.75) is 18.7 Å². The molecule has 100 valence electrons. The van der Waals surface area contributed by atoms with Gasteiger partial charge in [0, 0.05) is 21.4 Å². The Bertz CT molecular complexity index is 837. The first-order valence-electron chi connectivity index (χ1n) is 6.78. The molecule has 0 unspecified atom stereocenters. The number of fused-ring (bicyclic) bond motifs is 3. The number of hydrogen-bond acceptors (Lipinski definition) is 1. The van der Waals surface area contributed by atoms with Crippen LogP contribution in [0.4, 0.5) is 0 Å². The maximum Gasteiger partial charge on any atom is 0.0674 e. The first-order chi connectivity index (χ1) is 9.77. The summed E-state index contributed by atoms with van der Waals surface area (Å²) in [6.45, 7) is 4.11. The number of allylic oxidation sites excluding steroid dienone is 4. The summed E-state index contributed by atoms with van der Waals surface area (Å²) < 4.78 is 2.28. The van der Waals surface area contributed by atoms with Crippen LogP contribution in [-0.2, 0) is 0 Å². The van der Waals surface area contributed by atoms with Crippen LogP contribution in [0.2, 0.25) is 0 Å². The molecule has 2 heteroatoms. The molecule has 20 heavy (non-hydrogen) atoms. The van der Waals surface area contributed by atoms with Gasteiger partial charge in [0.25, 0.3) is 0 Å². The van der Waals surface area contributed by atoms with Crippen LogP contribution in [-0.4, -0.2) is 4.57 Å². The molecule has 1 nitrogen and oxygen atoms in total. The summed E-state index contributed by atoms with van der Waals surface area (Å²) in [7, 11) is 0. The molecule has 1 aromatic heterocycles. The van der Waals surface area contributed by atoms with Gasteiger partial charge in [-0.3, -0.25) is 0 Å². The van der Waals surface area contributed by atoms with Gasteiger partial charge in [-0.2, -0.15) is 0 Å². The van der Waals surface area contributed by atoms with Crippen LogP contribution in [0.15, 0.2) is 65.6 Å². The molecule has 0 amide bonds. The van der Waals surface area contributed by atoms with Gasteiger partial charge in [-0.1, -0.05) is 42.5 Å². The minimum absolute atomic E-state index is 1.00. The third kappa shape index (κ3) is 1.88. The zero-order valence-corrected chi connectivity index (χ0v) is 12.6. The van der Waals surface area contributed by atoms with E-state index in [0.29, 0.717) is 0 Å². The van der Waals surface area contributed by atoms with Crippen LogP contribution in [0, 0.1) is 0 Å². The number of thiol groups is 1. The van der Waals surface area contributed by atoms with Crippen LogP contribution in [0.5, 0.6) is 0 Å². The lowest BCUT2D eigenvalue weighted by molar-refractivity contribution is 1.20.